The lowest BCUT2D eigenvalue weighted by atomic mass is 10.1. The number of carboxylic acid groups (broad SMARTS) is 1. The summed E-state index contributed by atoms with van der Waals surface area (Å²) in [6.45, 7) is 14.4. The zero-order chi connectivity index (χ0) is 29.9. The summed E-state index contributed by atoms with van der Waals surface area (Å²) in [5.74, 6) is -4.14. The minimum Gasteiger partial charge on any atom is -0.481 e. The maximum atomic E-state index is 12.6. The molecule has 218 valence electrons. The molecule has 0 aliphatic heterocycles. The quantitative estimate of drug-likeness (QED) is 0.208. The molecular formula is C25H43N3O10. The Morgan fingerprint density at radius 1 is 0.684 bits per heavy atom. The van der Waals surface area contributed by atoms with E-state index in [0.29, 0.717) is 0 Å². The van der Waals surface area contributed by atoms with Crippen molar-refractivity contribution in [3.05, 3.63) is 0 Å². The van der Waals surface area contributed by atoms with E-state index in [2.05, 4.69) is 16.0 Å². The molecule has 0 fully saturated rings. The maximum absolute atomic E-state index is 12.6. The van der Waals surface area contributed by atoms with Gasteiger partial charge in [-0.1, -0.05) is 0 Å². The number of aliphatic carboxylic acids is 1. The van der Waals surface area contributed by atoms with E-state index in [1.807, 2.05) is 0 Å². The summed E-state index contributed by atoms with van der Waals surface area (Å²) < 4.78 is 15.6. The van der Waals surface area contributed by atoms with Crippen LogP contribution in [0.2, 0.25) is 0 Å². The maximum Gasteiger partial charge on any atom is 0.408 e. The third kappa shape index (κ3) is 18.0. The number of carbonyl (C=O) groups is 6. The normalized spacial score (nSPS) is 13.4. The molecule has 0 aromatic heterocycles. The largest absolute Gasteiger partial charge is 0.481 e. The number of ether oxygens (including phenoxy) is 3. The van der Waals surface area contributed by atoms with Crippen molar-refractivity contribution in [1.29, 1.82) is 0 Å². The van der Waals surface area contributed by atoms with Crippen molar-refractivity contribution >= 4 is 35.8 Å². The fraction of sp³-hybridized carbons (Fsp3) is 0.760. The first-order valence-electron chi connectivity index (χ1n) is 12.3. The number of hydrogen-bond acceptors (Lipinski definition) is 9. The van der Waals surface area contributed by atoms with Gasteiger partial charge in [0.2, 0.25) is 11.8 Å². The molecule has 0 aliphatic carbocycles. The standard InChI is InChI=1S/C25H43N3O10/c1-23(2,3)36-19(32)14-26-20(33)15(11-13-18(30)31)27-17(29)12-10-16(21(34)37-24(4,5)6)28-22(35)38-25(7,8)9/h15-16H,10-14H2,1-9H3,(H,26,33)(H,27,29)(H,28,35)(H,30,31)/t15-,16-/m0/s1. The van der Waals surface area contributed by atoms with Gasteiger partial charge in [-0.15, -0.1) is 0 Å². The second-order valence-electron chi connectivity index (χ2n) is 11.6. The van der Waals surface area contributed by atoms with Crippen LogP contribution in [0, 0.1) is 0 Å². The highest BCUT2D eigenvalue weighted by Gasteiger charge is 2.30. The molecular weight excluding hydrogens is 502 g/mol. The first-order valence-corrected chi connectivity index (χ1v) is 12.3. The fourth-order valence-corrected chi connectivity index (χ4v) is 2.81. The smallest absolute Gasteiger partial charge is 0.408 e. The molecule has 13 nitrogen and oxygen atoms in total. The van der Waals surface area contributed by atoms with Crippen LogP contribution < -0.4 is 16.0 Å². The number of carboxylic acids is 1. The second kappa shape index (κ2) is 14.5. The zero-order valence-corrected chi connectivity index (χ0v) is 23.8. The van der Waals surface area contributed by atoms with Crippen molar-refractivity contribution in [2.24, 2.45) is 0 Å². The summed E-state index contributed by atoms with van der Waals surface area (Å²) in [4.78, 5) is 73.0. The number of carbonyl (C=O) groups excluding carboxylic acids is 5. The summed E-state index contributed by atoms with van der Waals surface area (Å²) in [6, 6.07) is -2.49. The van der Waals surface area contributed by atoms with Crippen LogP contribution >= 0.6 is 0 Å². The van der Waals surface area contributed by atoms with Crippen LogP contribution in [0.5, 0.6) is 0 Å². The Bertz CT molecular complexity index is 866. The third-order valence-electron chi connectivity index (χ3n) is 4.17. The van der Waals surface area contributed by atoms with E-state index < -0.39 is 77.7 Å². The topological polar surface area (TPSA) is 186 Å². The molecule has 0 bridgehead atoms. The number of alkyl carbamates (subject to hydrolysis) is 1. The summed E-state index contributed by atoms with van der Waals surface area (Å²) in [5, 5.41) is 16.1. The first kappa shape index (κ1) is 34.6. The average Bonchev–Trinajstić information content (AvgIpc) is 2.68. The molecule has 0 spiro atoms. The summed E-state index contributed by atoms with van der Waals surface area (Å²) in [7, 11) is 0. The number of rotatable bonds is 12. The molecule has 0 saturated carbocycles. The Hall–Kier alpha value is -3.38. The van der Waals surface area contributed by atoms with Crippen molar-refractivity contribution in [3.63, 3.8) is 0 Å². The van der Waals surface area contributed by atoms with Crippen LogP contribution in [0.1, 0.15) is 88.0 Å². The van der Waals surface area contributed by atoms with E-state index in [1.54, 1.807) is 62.3 Å². The van der Waals surface area contributed by atoms with Crippen LogP contribution in [0.4, 0.5) is 4.79 Å². The summed E-state index contributed by atoms with van der Waals surface area (Å²) in [5.41, 5.74) is -2.46. The Kier molecular flexibility index (Phi) is 13.2. The van der Waals surface area contributed by atoms with Gasteiger partial charge in [0.25, 0.3) is 0 Å². The summed E-state index contributed by atoms with van der Waals surface area (Å²) in [6.07, 6.45) is -2.05. The predicted octanol–water partition coefficient (Wildman–Crippen LogP) is 1.81. The van der Waals surface area contributed by atoms with Crippen molar-refractivity contribution in [2.45, 2.75) is 117 Å². The average molecular weight is 546 g/mol. The van der Waals surface area contributed by atoms with Crippen LogP contribution in [0.3, 0.4) is 0 Å². The molecule has 0 saturated heterocycles. The number of amides is 3. The number of hydrogen-bond donors (Lipinski definition) is 4. The van der Waals surface area contributed by atoms with Gasteiger partial charge in [0.15, 0.2) is 0 Å². The monoisotopic (exact) mass is 545 g/mol. The Morgan fingerprint density at radius 2 is 1.18 bits per heavy atom. The second-order valence-corrected chi connectivity index (χ2v) is 11.6. The van der Waals surface area contributed by atoms with Crippen LogP contribution in [0.15, 0.2) is 0 Å². The molecule has 4 N–H and O–H groups in total. The molecule has 13 heteroatoms. The molecule has 38 heavy (non-hydrogen) atoms. The van der Waals surface area contributed by atoms with Gasteiger partial charge in [-0.2, -0.15) is 0 Å². The first-order chi connectivity index (χ1) is 17.1. The third-order valence-corrected chi connectivity index (χ3v) is 4.17. The Morgan fingerprint density at radius 3 is 1.66 bits per heavy atom. The number of nitrogens with one attached hydrogen (secondary N) is 3. The molecule has 0 unspecified atom stereocenters. The minimum atomic E-state index is -1.26. The molecule has 0 radical (unpaired) electrons. The van der Waals surface area contributed by atoms with E-state index in [-0.39, 0.29) is 19.3 Å². The molecule has 0 aromatic carbocycles. The van der Waals surface area contributed by atoms with E-state index in [1.165, 1.54) is 0 Å². The van der Waals surface area contributed by atoms with Gasteiger partial charge in [0.1, 0.15) is 35.4 Å². The Balaban J connectivity index is 5.32. The van der Waals surface area contributed by atoms with E-state index >= 15 is 0 Å². The molecule has 0 aromatic rings. The van der Waals surface area contributed by atoms with Crippen LogP contribution in [-0.2, 0) is 38.2 Å². The van der Waals surface area contributed by atoms with Gasteiger partial charge in [0.05, 0.1) is 0 Å². The Labute approximate surface area is 223 Å². The number of esters is 2. The van der Waals surface area contributed by atoms with Gasteiger partial charge >= 0.3 is 24.0 Å². The lowest BCUT2D eigenvalue weighted by Crippen LogP contribution is -2.49. The highest BCUT2D eigenvalue weighted by molar-refractivity contribution is 5.90. The molecule has 0 heterocycles. The van der Waals surface area contributed by atoms with Gasteiger partial charge < -0.3 is 35.3 Å². The van der Waals surface area contributed by atoms with Crippen LogP contribution in [-0.4, -0.2) is 76.4 Å². The van der Waals surface area contributed by atoms with E-state index in [0.717, 1.165) is 0 Å². The highest BCUT2D eigenvalue weighted by atomic mass is 16.6. The summed E-state index contributed by atoms with van der Waals surface area (Å²) >= 11 is 0. The predicted molar refractivity (Wildman–Crippen MR) is 136 cm³/mol. The fourth-order valence-electron chi connectivity index (χ4n) is 2.81. The van der Waals surface area contributed by atoms with Gasteiger partial charge in [-0.25, -0.2) is 9.59 Å². The van der Waals surface area contributed by atoms with Crippen LogP contribution in [0.25, 0.3) is 0 Å². The van der Waals surface area contributed by atoms with Crippen molar-refractivity contribution in [2.75, 3.05) is 6.54 Å². The molecule has 0 aliphatic rings. The lowest BCUT2D eigenvalue weighted by Gasteiger charge is -2.26. The molecule has 3 amide bonds. The molecule has 0 rings (SSSR count). The highest BCUT2D eigenvalue weighted by Crippen LogP contribution is 2.13. The van der Waals surface area contributed by atoms with E-state index in [4.69, 9.17) is 19.3 Å². The zero-order valence-electron chi connectivity index (χ0n) is 23.8. The van der Waals surface area contributed by atoms with Gasteiger partial charge in [0, 0.05) is 12.8 Å². The van der Waals surface area contributed by atoms with Crippen molar-refractivity contribution < 1.29 is 48.1 Å². The lowest BCUT2D eigenvalue weighted by molar-refractivity contribution is -0.158. The van der Waals surface area contributed by atoms with E-state index in [9.17, 15) is 28.8 Å². The molecule has 2 atom stereocenters. The van der Waals surface area contributed by atoms with Crippen molar-refractivity contribution in [3.8, 4) is 0 Å². The minimum absolute atomic E-state index is 0.189. The SMILES string of the molecule is CC(C)(C)OC(=O)CNC(=O)[C@H](CCC(=O)O)NC(=O)CC[C@H](NC(=O)OC(C)(C)C)C(=O)OC(C)(C)C. The van der Waals surface area contributed by atoms with Gasteiger partial charge in [-0.3, -0.25) is 19.2 Å². The van der Waals surface area contributed by atoms with Crippen molar-refractivity contribution in [1.82, 2.24) is 16.0 Å². The van der Waals surface area contributed by atoms with Gasteiger partial charge in [-0.05, 0) is 75.2 Å².